The first-order valence-electron chi connectivity index (χ1n) is 12.3. The molecule has 1 aromatic carbocycles. The lowest BCUT2D eigenvalue weighted by molar-refractivity contribution is -0.117. The van der Waals surface area contributed by atoms with Gasteiger partial charge in [0.25, 0.3) is 5.91 Å². The van der Waals surface area contributed by atoms with Crippen molar-refractivity contribution in [2.45, 2.75) is 77.7 Å². The van der Waals surface area contributed by atoms with Gasteiger partial charge in [-0.15, -0.1) is 0 Å². The summed E-state index contributed by atoms with van der Waals surface area (Å²) in [5.74, 6) is 1.39. The Kier molecular flexibility index (Phi) is 12.4. The molecule has 1 aliphatic heterocycles. The third-order valence-electron chi connectivity index (χ3n) is 5.75. The molecule has 0 saturated carbocycles. The van der Waals surface area contributed by atoms with Gasteiger partial charge in [0.15, 0.2) is 11.5 Å². The predicted octanol–water partition coefficient (Wildman–Crippen LogP) is 6.00. The normalized spacial score (nSPS) is 13.1. The maximum absolute atomic E-state index is 12.4. The number of amides is 1. The van der Waals surface area contributed by atoms with Gasteiger partial charge in [0, 0.05) is 26.3 Å². The fraction of sp³-hybridized carbons (Fsp3) is 0.593. The number of benzene rings is 1. The van der Waals surface area contributed by atoms with Gasteiger partial charge in [-0.3, -0.25) is 4.79 Å². The van der Waals surface area contributed by atoms with E-state index in [1.165, 1.54) is 57.8 Å². The maximum Gasteiger partial charge on any atom is 0.253 e. The Morgan fingerprint density at radius 1 is 1.00 bits per heavy atom. The smallest absolute Gasteiger partial charge is 0.253 e. The van der Waals surface area contributed by atoms with E-state index in [0.717, 1.165) is 24.3 Å². The van der Waals surface area contributed by atoms with Gasteiger partial charge in [-0.2, -0.15) is 0 Å². The van der Waals surface area contributed by atoms with Crippen LogP contribution in [0.1, 0.15) is 76.7 Å². The molecular weight excluding hydrogens is 400 g/mol. The maximum atomic E-state index is 12.4. The predicted molar refractivity (Wildman–Crippen MR) is 132 cm³/mol. The summed E-state index contributed by atoms with van der Waals surface area (Å²) in [5.41, 5.74) is 1.65. The monoisotopic (exact) mass is 442 g/mol. The molecular formula is C27H42N2O3. The zero-order chi connectivity index (χ0) is 23.0. The van der Waals surface area contributed by atoms with Gasteiger partial charge in [0.2, 0.25) is 0 Å². The zero-order valence-electron chi connectivity index (χ0n) is 20.3. The van der Waals surface area contributed by atoms with E-state index in [9.17, 15) is 4.79 Å². The van der Waals surface area contributed by atoms with Crippen LogP contribution in [0.15, 0.2) is 42.1 Å². The number of nitrogens with zero attached hydrogens (tertiary/aromatic N) is 1. The molecule has 2 rings (SSSR count). The molecule has 178 valence electrons. The molecule has 0 unspecified atom stereocenters. The summed E-state index contributed by atoms with van der Waals surface area (Å²) < 4.78 is 11.5. The SMILES string of the molecule is CCCCCCCCCCCCOc1ccc(CNC(=O)C2=CN(C)CC=C2)cc1OC. The van der Waals surface area contributed by atoms with Crippen molar-refractivity contribution in [3.05, 3.63) is 47.7 Å². The highest BCUT2D eigenvalue weighted by Gasteiger charge is 2.11. The van der Waals surface area contributed by atoms with E-state index >= 15 is 0 Å². The van der Waals surface area contributed by atoms with Gasteiger partial charge in [-0.25, -0.2) is 0 Å². The summed E-state index contributed by atoms with van der Waals surface area (Å²) >= 11 is 0. The van der Waals surface area contributed by atoms with E-state index in [1.54, 1.807) is 7.11 Å². The Bertz CT molecular complexity index is 742. The highest BCUT2D eigenvalue weighted by Crippen LogP contribution is 2.28. The third kappa shape index (κ3) is 9.80. The summed E-state index contributed by atoms with van der Waals surface area (Å²) in [7, 11) is 3.61. The lowest BCUT2D eigenvalue weighted by Crippen LogP contribution is -2.27. The minimum Gasteiger partial charge on any atom is -0.493 e. The highest BCUT2D eigenvalue weighted by atomic mass is 16.5. The number of likely N-dealkylation sites (N-methyl/N-ethyl adjacent to an activating group) is 1. The molecule has 0 radical (unpaired) electrons. The van der Waals surface area contributed by atoms with E-state index in [0.29, 0.717) is 24.5 Å². The molecule has 1 amide bonds. The first-order chi connectivity index (χ1) is 15.6. The Morgan fingerprint density at radius 3 is 2.34 bits per heavy atom. The van der Waals surface area contributed by atoms with Crippen molar-refractivity contribution in [1.82, 2.24) is 10.2 Å². The molecule has 0 aromatic heterocycles. The summed E-state index contributed by atoms with van der Waals surface area (Å²) in [4.78, 5) is 14.3. The lowest BCUT2D eigenvalue weighted by atomic mass is 10.1. The van der Waals surface area contributed by atoms with Crippen LogP contribution in [0.25, 0.3) is 0 Å². The van der Waals surface area contributed by atoms with E-state index in [4.69, 9.17) is 9.47 Å². The standard InChI is InChI=1S/C27H42N2O3/c1-4-5-6-7-8-9-10-11-12-13-19-32-25-17-16-23(20-26(25)31-3)21-28-27(30)24-15-14-18-29(2)22-24/h14-17,20,22H,4-13,18-19,21H2,1-3H3,(H,28,30). The van der Waals surface area contributed by atoms with Crippen molar-refractivity contribution >= 4 is 5.91 Å². The Labute approximate surface area is 194 Å². The first-order valence-corrected chi connectivity index (χ1v) is 12.3. The van der Waals surface area contributed by atoms with E-state index < -0.39 is 0 Å². The molecule has 1 aromatic rings. The molecule has 5 nitrogen and oxygen atoms in total. The van der Waals surface area contributed by atoms with Crippen molar-refractivity contribution < 1.29 is 14.3 Å². The van der Waals surface area contributed by atoms with Gasteiger partial charge < -0.3 is 19.7 Å². The van der Waals surface area contributed by atoms with Crippen molar-refractivity contribution in [3.63, 3.8) is 0 Å². The minimum atomic E-state index is -0.0759. The number of hydrogen-bond donors (Lipinski definition) is 1. The quantitative estimate of drug-likeness (QED) is 0.319. The fourth-order valence-corrected chi connectivity index (χ4v) is 3.81. The second-order valence-electron chi connectivity index (χ2n) is 8.62. The molecule has 0 aliphatic carbocycles. The van der Waals surface area contributed by atoms with Gasteiger partial charge >= 0.3 is 0 Å². The summed E-state index contributed by atoms with van der Waals surface area (Å²) in [6.07, 6.45) is 18.8. The molecule has 0 saturated heterocycles. The van der Waals surface area contributed by atoms with Crippen molar-refractivity contribution in [1.29, 1.82) is 0 Å². The molecule has 32 heavy (non-hydrogen) atoms. The van der Waals surface area contributed by atoms with Crippen molar-refractivity contribution in [3.8, 4) is 11.5 Å². The van der Waals surface area contributed by atoms with Crippen LogP contribution < -0.4 is 14.8 Å². The molecule has 0 fully saturated rings. The van der Waals surface area contributed by atoms with Gasteiger partial charge in [0.05, 0.1) is 19.3 Å². The molecule has 0 spiro atoms. The van der Waals surface area contributed by atoms with Gasteiger partial charge in [-0.1, -0.05) is 82.9 Å². The number of ether oxygens (including phenoxy) is 2. The van der Waals surface area contributed by atoms with Crippen LogP contribution in [0.5, 0.6) is 11.5 Å². The topological polar surface area (TPSA) is 50.8 Å². The first kappa shape index (κ1) is 25.8. The molecule has 1 heterocycles. The molecule has 1 aliphatic rings. The zero-order valence-corrected chi connectivity index (χ0v) is 20.3. The van der Waals surface area contributed by atoms with Crippen molar-refractivity contribution in [2.75, 3.05) is 27.3 Å². The van der Waals surface area contributed by atoms with E-state index in [-0.39, 0.29) is 5.91 Å². The molecule has 1 N–H and O–H groups in total. The number of carbonyl (C=O) groups excluding carboxylic acids is 1. The van der Waals surface area contributed by atoms with E-state index in [2.05, 4.69) is 12.2 Å². The number of rotatable bonds is 16. The summed E-state index contributed by atoms with van der Waals surface area (Å²) in [6, 6.07) is 5.85. The number of hydrogen-bond acceptors (Lipinski definition) is 4. The van der Waals surface area contributed by atoms with Gasteiger partial charge in [0.1, 0.15) is 0 Å². The lowest BCUT2D eigenvalue weighted by Gasteiger charge is -2.17. The molecule has 0 bridgehead atoms. The fourth-order valence-electron chi connectivity index (χ4n) is 3.81. The minimum absolute atomic E-state index is 0.0759. The van der Waals surface area contributed by atoms with Crippen LogP contribution in [0.3, 0.4) is 0 Å². The Hall–Kier alpha value is -2.43. The largest absolute Gasteiger partial charge is 0.493 e. The third-order valence-corrected chi connectivity index (χ3v) is 5.75. The van der Waals surface area contributed by atoms with Crippen LogP contribution in [-0.2, 0) is 11.3 Å². The Balaban J connectivity index is 1.65. The summed E-state index contributed by atoms with van der Waals surface area (Å²) in [5, 5.41) is 2.97. The molecule has 5 heteroatoms. The van der Waals surface area contributed by atoms with Crippen LogP contribution in [0, 0.1) is 0 Å². The Morgan fingerprint density at radius 2 is 1.69 bits per heavy atom. The average Bonchev–Trinajstić information content (AvgIpc) is 2.81. The van der Waals surface area contributed by atoms with Crippen LogP contribution in [0.4, 0.5) is 0 Å². The summed E-state index contributed by atoms with van der Waals surface area (Å²) in [6.45, 7) is 4.24. The van der Waals surface area contributed by atoms with Crippen LogP contribution >= 0.6 is 0 Å². The van der Waals surface area contributed by atoms with Crippen LogP contribution in [-0.4, -0.2) is 38.1 Å². The van der Waals surface area contributed by atoms with Gasteiger partial charge in [-0.05, 0) is 24.1 Å². The number of carbonyl (C=O) groups is 1. The highest BCUT2D eigenvalue weighted by molar-refractivity contribution is 5.96. The number of nitrogens with one attached hydrogen (secondary N) is 1. The average molecular weight is 443 g/mol. The molecule has 0 atom stereocenters. The number of unbranched alkanes of at least 4 members (excludes halogenated alkanes) is 9. The number of methoxy groups -OCH3 is 1. The second kappa shape index (κ2) is 15.4. The van der Waals surface area contributed by atoms with Crippen molar-refractivity contribution in [2.24, 2.45) is 0 Å². The van der Waals surface area contributed by atoms with Crippen LogP contribution in [0.2, 0.25) is 0 Å². The van der Waals surface area contributed by atoms with E-state index in [1.807, 2.05) is 48.5 Å². The second-order valence-corrected chi connectivity index (χ2v) is 8.62.